The summed E-state index contributed by atoms with van der Waals surface area (Å²) in [7, 11) is -3.66. The van der Waals surface area contributed by atoms with Gasteiger partial charge in [0.25, 0.3) is 10.1 Å². The van der Waals surface area contributed by atoms with Crippen molar-refractivity contribution in [3.63, 3.8) is 0 Å². The summed E-state index contributed by atoms with van der Waals surface area (Å²) in [6.45, 7) is 2.11. The molecule has 1 heterocycles. The minimum Gasteiger partial charge on any atom is -0.316 e. The molecule has 1 saturated heterocycles. The molecule has 0 radical (unpaired) electrons. The number of nitrogens with one attached hydrogen (secondary N) is 1. The third-order valence-corrected chi connectivity index (χ3v) is 5.92. The zero-order valence-corrected chi connectivity index (χ0v) is 14.4. The van der Waals surface area contributed by atoms with E-state index in [1.807, 2.05) is 6.07 Å². The zero-order chi connectivity index (χ0) is 16.8. The second kappa shape index (κ2) is 7.92. The maximum absolute atomic E-state index is 12.2. The van der Waals surface area contributed by atoms with Crippen LogP contribution in [0.5, 0.6) is 0 Å². The monoisotopic (exact) mass is 345 g/mol. The van der Waals surface area contributed by atoms with Crippen LogP contribution in [0.2, 0.25) is 0 Å². The summed E-state index contributed by atoms with van der Waals surface area (Å²) >= 11 is 0. The molecular formula is C19H23NO3S. The fourth-order valence-corrected chi connectivity index (χ4v) is 4.27. The number of rotatable bonds is 6. The lowest BCUT2D eigenvalue weighted by Gasteiger charge is -2.32. The van der Waals surface area contributed by atoms with Crippen molar-refractivity contribution in [3.05, 3.63) is 66.2 Å². The molecule has 0 spiro atoms. The molecule has 0 aromatic heterocycles. The number of hydrogen-bond acceptors (Lipinski definition) is 4. The summed E-state index contributed by atoms with van der Waals surface area (Å²) in [6, 6.07) is 18.8. The Kier molecular flexibility index (Phi) is 5.66. The maximum atomic E-state index is 12.2. The summed E-state index contributed by atoms with van der Waals surface area (Å²) in [5.74, 6) is 0.836. The van der Waals surface area contributed by atoms with Crippen LogP contribution in [0.15, 0.2) is 65.6 Å². The van der Waals surface area contributed by atoms with Gasteiger partial charge < -0.3 is 5.32 Å². The summed E-state index contributed by atoms with van der Waals surface area (Å²) < 4.78 is 29.6. The molecular weight excluding hydrogens is 322 g/mol. The van der Waals surface area contributed by atoms with Gasteiger partial charge in [-0.1, -0.05) is 48.5 Å². The second-order valence-corrected chi connectivity index (χ2v) is 7.76. The van der Waals surface area contributed by atoms with Crippen LogP contribution in [0.1, 0.15) is 24.3 Å². The van der Waals surface area contributed by atoms with Crippen LogP contribution in [0.4, 0.5) is 0 Å². The first-order valence-corrected chi connectivity index (χ1v) is 9.78. The number of hydrogen-bond donors (Lipinski definition) is 1. The van der Waals surface area contributed by atoms with Gasteiger partial charge in [0.05, 0.1) is 11.5 Å². The smallest absolute Gasteiger partial charge is 0.296 e. The van der Waals surface area contributed by atoms with Crippen molar-refractivity contribution >= 4 is 10.1 Å². The van der Waals surface area contributed by atoms with Gasteiger partial charge in [-0.25, -0.2) is 0 Å². The maximum Gasteiger partial charge on any atom is 0.296 e. The largest absolute Gasteiger partial charge is 0.316 e. The molecule has 0 bridgehead atoms. The first-order chi connectivity index (χ1) is 11.7. The standard InChI is InChI=1S/C19H23NO3S/c21-24(22,18-9-5-2-6-10-18)23-14-12-17-15-20-13-11-19(17)16-7-3-1-4-8-16/h1-10,17,19-20H,11-15H2. The average molecular weight is 345 g/mol. The van der Waals surface area contributed by atoms with Gasteiger partial charge >= 0.3 is 0 Å². The molecule has 128 valence electrons. The molecule has 24 heavy (non-hydrogen) atoms. The summed E-state index contributed by atoms with van der Waals surface area (Å²) in [5, 5.41) is 3.41. The Hall–Kier alpha value is -1.69. The van der Waals surface area contributed by atoms with Gasteiger partial charge in [-0.3, -0.25) is 4.18 Å². The van der Waals surface area contributed by atoms with Crippen LogP contribution in [0, 0.1) is 5.92 Å². The lowest BCUT2D eigenvalue weighted by atomic mass is 9.80. The third kappa shape index (κ3) is 4.23. The van der Waals surface area contributed by atoms with Gasteiger partial charge in [-0.2, -0.15) is 8.42 Å². The molecule has 0 saturated carbocycles. The molecule has 0 aliphatic carbocycles. The molecule has 2 aromatic rings. The Labute approximate surface area is 144 Å². The van der Waals surface area contributed by atoms with Crippen molar-refractivity contribution in [2.24, 2.45) is 5.92 Å². The summed E-state index contributed by atoms with van der Waals surface area (Å²) in [5.41, 5.74) is 1.33. The van der Waals surface area contributed by atoms with E-state index in [4.69, 9.17) is 4.18 Å². The topological polar surface area (TPSA) is 55.4 Å². The molecule has 1 aliphatic rings. The highest BCUT2D eigenvalue weighted by molar-refractivity contribution is 7.86. The number of piperidine rings is 1. The molecule has 1 N–H and O–H groups in total. The average Bonchev–Trinajstić information content (AvgIpc) is 2.63. The minimum absolute atomic E-state index is 0.214. The van der Waals surface area contributed by atoms with E-state index in [0.29, 0.717) is 11.8 Å². The first kappa shape index (κ1) is 17.1. The van der Waals surface area contributed by atoms with Crippen molar-refractivity contribution < 1.29 is 12.6 Å². The van der Waals surface area contributed by atoms with Crippen LogP contribution in [-0.4, -0.2) is 28.1 Å². The van der Waals surface area contributed by atoms with Crippen molar-refractivity contribution in [1.82, 2.24) is 5.32 Å². The highest BCUT2D eigenvalue weighted by Gasteiger charge is 2.26. The van der Waals surface area contributed by atoms with Gasteiger partial charge in [-0.15, -0.1) is 0 Å². The Bertz CT molecular complexity index is 732. The van der Waals surface area contributed by atoms with Crippen molar-refractivity contribution in [2.45, 2.75) is 23.7 Å². The molecule has 2 aromatic carbocycles. The molecule has 3 rings (SSSR count). The van der Waals surface area contributed by atoms with Crippen LogP contribution in [-0.2, 0) is 14.3 Å². The quantitative estimate of drug-likeness (QED) is 0.817. The molecule has 4 nitrogen and oxygen atoms in total. The second-order valence-electron chi connectivity index (χ2n) is 6.15. The Morgan fingerprint density at radius 1 is 1.00 bits per heavy atom. The lowest BCUT2D eigenvalue weighted by Crippen LogP contribution is -2.36. The lowest BCUT2D eigenvalue weighted by molar-refractivity contribution is 0.238. The van der Waals surface area contributed by atoms with E-state index >= 15 is 0 Å². The van der Waals surface area contributed by atoms with E-state index in [1.54, 1.807) is 30.3 Å². The molecule has 2 unspecified atom stereocenters. The number of benzene rings is 2. The van der Waals surface area contributed by atoms with Crippen molar-refractivity contribution in [1.29, 1.82) is 0 Å². The normalized spacial score (nSPS) is 21.5. The van der Waals surface area contributed by atoms with Gasteiger partial charge in [0.1, 0.15) is 0 Å². The SMILES string of the molecule is O=S(=O)(OCCC1CNCCC1c1ccccc1)c1ccccc1. The molecule has 2 atom stereocenters. The molecule has 1 fully saturated rings. The molecule has 1 aliphatic heterocycles. The van der Waals surface area contributed by atoms with Gasteiger partial charge in [-0.05, 0) is 55.5 Å². The van der Waals surface area contributed by atoms with Crippen molar-refractivity contribution in [2.75, 3.05) is 19.7 Å². The van der Waals surface area contributed by atoms with E-state index in [0.717, 1.165) is 25.9 Å². The van der Waals surface area contributed by atoms with Gasteiger partial charge in [0.15, 0.2) is 0 Å². The van der Waals surface area contributed by atoms with E-state index in [2.05, 4.69) is 29.6 Å². The van der Waals surface area contributed by atoms with Crippen LogP contribution < -0.4 is 5.32 Å². The fraction of sp³-hybridized carbons (Fsp3) is 0.368. The Balaban J connectivity index is 1.61. The van der Waals surface area contributed by atoms with E-state index in [1.165, 1.54) is 5.56 Å². The molecule has 5 heteroatoms. The van der Waals surface area contributed by atoms with Crippen molar-refractivity contribution in [3.8, 4) is 0 Å². The minimum atomic E-state index is -3.66. The van der Waals surface area contributed by atoms with Crippen LogP contribution in [0.25, 0.3) is 0 Å². The van der Waals surface area contributed by atoms with E-state index in [-0.39, 0.29) is 11.5 Å². The van der Waals surface area contributed by atoms with Gasteiger partial charge in [0, 0.05) is 0 Å². The summed E-state index contributed by atoms with van der Waals surface area (Å²) in [6.07, 6.45) is 1.79. The highest BCUT2D eigenvalue weighted by atomic mass is 32.2. The van der Waals surface area contributed by atoms with Crippen LogP contribution >= 0.6 is 0 Å². The predicted molar refractivity (Wildman–Crippen MR) is 94.4 cm³/mol. The highest BCUT2D eigenvalue weighted by Crippen LogP contribution is 2.32. The van der Waals surface area contributed by atoms with E-state index < -0.39 is 10.1 Å². The van der Waals surface area contributed by atoms with E-state index in [9.17, 15) is 8.42 Å². The van der Waals surface area contributed by atoms with Crippen LogP contribution in [0.3, 0.4) is 0 Å². The predicted octanol–water partition coefficient (Wildman–Crippen LogP) is 3.18. The summed E-state index contributed by atoms with van der Waals surface area (Å²) in [4.78, 5) is 0.214. The third-order valence-electron chi connectivity index (χ3n) is 4.59. The first-order valence-electron chi connectivity index (χ1n) is 8.37. The zero-order valence-electron chi connectivity index (χ0n) is 13.6. The fourth-order valence-electron chi connectivity index (χ4n) is 3.33. The Morgan fingerprint density at radius 3 is 2.38 bits per heavy atom. The molecule has 0 amide bonds. The van der Waals surface area contributed by atoms with Gasteiger partial charge in [0.2, 0.25) is 0 Å². The Morgan fingerprint density at radius 2 is 1.67 bits per heavy atom.